The van der Waals surface area contributed by atoms with Crippen LogP contribution in [0.3, 0.4) is 0 Å². The minimum Gasteiger partial charge on any atom is -0.292 e. The topological polar surface area (TPSA) is 118 Å². The Hall–Kier alpha value is -4.14. The number of rotatable bonds is 6. The van der Waals surface area contributed by atoms with E-state index in [1.165, 1.54) is 24.3 Å². The summed E-state index contributed by atoms with van der Waals surface area (Å²) in [6.07, 6.45) is 4.63. The summed E-state index contributed by atoms with van der Waals surface area (Å²) in [6, 6.07) is 11.6. The number of Topliss-reactive ketones (excluding diaryl/α,β-unsaturated/α-hetero) is 1. The largest absolute Gasteiger partial charge is 0.292 e. The normalized spacial score (nSPS) is 24.4. The Morgan fingerprint density at radius 3 is 2.00 bits per heavy atom. The van der Waals surface area contributed by atoms with Gasteiger partial charge in [0.2, 0.25) is 0 Å². The van der Waals surface area contributed by atoms with Gasteiger partial charge in [-0.15, -0.1) is 0 Å². The SMILES string of the molecule is Cc1ccc(C(=O)CN(C(=O)c2ccc([N+](=O)[O-])cc2)N2C(=O)[C@@H]3[C@H](C2=O)[C@H]2C=C[C@H]3C2)cc1. The zero-order valence-corrected chi connectivity index (χ0v) is 18.3. The van der Waals surface area contributed by atoms with Crippen LogP contribution in [-0.2, 0) is 9.59 Å². The molecule has 0 aromatic heterocycles. The van der Waals surface area contributed by atoms with Crippen molar-refractivity contribution in [1.82, 2.24) is 10.0 Å². The molecule has 2 aliphatic carbocycles. The third-order valence-corrected chi connectivity index (χ3v) is 6.91. The molecule has 0 unspecified atom stereocenters. The van der Waals surface area contributed by atoms with Crippen LogP contribution < -0.4 is 0 Å². The van der Waals surface area contributed by atoms with E-state index in [4.69, 9.17) is 0 Å². The molecule has 1 saturated heterocycles. The average molecular weight is 459 g/mol. The van der Waals surface area contributed by atoms with Crippen molar-refractivity contribution in [2.24, 2.45) is 23.7 Å². The fraction of sp³-hybridized carbons (Fsp3) is 0.280. The summed E-state index contributed by atoms with van der Waals surface area (Å²) in [5.74, 6) is -3.35. The molecule has 5 rings (SSSR count). The Balaban J connectivity index is 1.49. The fourth-order valence-electron chi connectivity index (χ4n) is 5.20. The number of hydrazine groups is 1. The lowest BCUT2D eigenvalue weighted by Crippen LogP contribution is -2.52. The number of fused-ring (bicyclic) bond motifs is 5. The molecule has 1 aliphatic heterocycles. The van der Waals surface area contributed by atoms with Crippen molar-refractivity contribution in [3.63, 3.8) is 0 Å². The predicted molar refractivity (Wildman–Crippen MR) is 119 cm³/mol. The van der Waals surface area contributed by atoms with E-state index in [1.54, 1.807) is 24.3 Å². The summed E-state index contributed by atoms with van der Waals surface area (Å²) < 4.78 is 0. The Labute approximate surface area is 194 Å². The standard InChI is InChI=1S/C25H21N3O6/c1-14-2-4-15(5-3-14)20(29)13-26(23(30)16-8-10-19(11-9-16)28(33)34)27-24(31)21-17-6-7-18(12-17)22(21)25(27)32/h2-11,17-18,21-22H,12-13H2,1H3/t17-,18-,21-,22+/m0/s1. The van der Waals surface area contributed by atoms with Crippen molar-refractivity contribution in [3.8, 4) is 0 Å². The maximum atomic E-state index is 13.5. The van der Waals surface area contributed by atoms with Crippen LogP contribution in [0.15, 0.2) is 60.7 Å². The highest BCUT2D eigenvalue weighted by Gasteiger charge is 2.61. The number of benzene rings is 2. The Kier molecular flexibility index (Phi) is 5.11. The lowest BCUT2D eigenvalue weighted by molar-refractivity contribution is -0.384. The molecule has 9 nitrogen and oxygen atoms in total. The number of imide groups is 1. The molecular formula is C25H21N3O6. The van der Waals surface area contributed by atoms with Crippen molar-refractivity contribution in [2.75, 3.05) is 6.54 Å². The molecule has 2 bridgehead atoms. The van der Waals surface area contributed by atoms with E-state index in [0.29, 0.717) is 5.56 Å². The lowest BCUT2D eigenvalue weighted by Gasteiger charge is -2.30. The number of nitro groups is 1. The molecule has 34 heavy (non-hydrogen) atoms. The predicted octanol–water partition coefficient (Wildman–Crippen LogP) is 2.95. The second-order valence-corrected chi connectivity index (χ2v) is 8.94. The zero-order valence-electron chi connectivity index (χ0n) is 18.3. The second kappa shape index (κ2) is 8.02. The number of nitro benzene ring substituents is 1. The minimum atomic E-state index is -0.752. The Morgan fingerprint density at radius 2 is 1.47 bits per heavy atom. The first-order valence-corrected chi connectivity index (χ1v) is 11.0. The minimum absolute atomic E-state index is 0.0288. The summed E-state index contributed by atoms with van der Waals surface area (Å²) in [4.78, 5) is 63.6. The summed E-state index contributed by atoms with van der Waals surface area (Å²) in [5.41, 5.74) is 1.12. The molecule has 3 aliphatic rings. The van der Waals surface area contributed by atoms with E-state index in [2.05, 4.69) is 0 Å². The van der Waals surface area contributed by atoms with Gasteiger partial charge in [0.25, 0.3) is 23.4 Å². The monoisotopic (exact) mass is 459 g/mol. The quantitative estimate of drug-likeness (QED) is 0.215. The van der Waals surface area contributed by atoms with Gasteiger partial charge in [0, 0.05) is 23.3 Å². The molecule has 4 atom stereocenters. The van der Waals surface area contributed by atoms with Gasteiger partial charge in [0.05, 0.1) is 16.8 Å². The number of carbonyl (C=O) groups excluding carboxylic acids is 4. The highest BCUT2D eigenvalue weighted by atomic mass is 16.6. The van der Waals surface area contributed by atoms with Crippen LogP contribution in [0.4, 0.5) is 5.69 Å². The number of hydrogen-bond acceptors (Lipinski definition) is 6. The average Bonchev–Trinajstić information content (AvgIpc) is 3.51. The van der Waals surface area contributed by atoms with Crippen LogP contribution in [0.2, 0.25) is 0 Å². The van der Waals surface area contributed by atoms with Crippen LogP contribution in [0.25, 0.3) is 0 Å². The van der Waals surface area contributed by atoms with Crippen LogP contribution in [0.5, 0.6) is 0 Å². The molecule has 1 heterocycles. The molecule has 2 aromatic rings. The van der Waals surface area contributed by atoms with E-state index in [9.17, 15) is 29.3 Å². The van der Waals surface area contributed by atoms with Crippen LogP contribution in [0.1, 0.15) is 32.7 Å². The third kappa shape index (κ3) is 3.40. The van der Waals surface area contributed by atoms with E-state index >= 15 is 0 Å². The smallest absolute Gasteiger partial charge is 0.273 e. The van der Waals surface area contributed by atoms with Crippen molar-refractivity contribution in [3.05, 3.63) is 87.5 Å². The summed E-state index contributed by atoms with van der Waals surface area (Å²) in [6.45, 7) is 1.36. The molecule has 0 radical (unpaired) electrons. The highest BCUT2D eigenvalue weighted by Crippen LogP contribution is 2.52. The number of hydrogen-bond donors (Lipinski definition) is 0. The van der Waals surface area contributed by atoms with Crippen LogP contribution in [-0.4, -0.2) is 45.0 Å². The van der Waals surface area contributed by atoms with Gasteiger partial charge in [-0.05, 0) is 37.3 Å². The fourth-order valence-corrected chi connectivity index (χ4v) is 5.20. The van der Waals surface area contributed by atoms with Gasteiger partial charge in [0.1, 0.15) is 6.54 Å². The molecule has 1 saturated carbocycles. The number of aryl methyl sites for hydroxylation is 1. The van der Waals surface area contributed by atoms with Crippen LogP contribution >= 0.6 is 0 Å². The van der Waals surface area contributed by atoms with Crippen molar-refractivity contribution < 1.29 is 24.1 Å². The van der Waals surface area contributed by atoms with Gasteiger partial charge in [0.15, 0.2) is 5.78 Å². The van der Waals surface area contributed by atoms with Gasteiger partial charge in [-0.3, -0.25) is 29.3 Å². The first-order chi connectivity index (χ1) is 16.3. The van der Waals surface area contributed by atoms with Gasteiger partial charge >= 0.3 is 0 Å². The van der Waals surface area contributed by atoms with E-state index in [0.717, 1.165) is 22.0 Å². The molecule has 0 spiro atoms. The molecule has 172 valence electrons. The Bertz CT molecular complexity index is 1220. The highest BCUT2D eigenvalue weighted by molar-refractivity contribution is 6.10. The summed E-state index contributed by atoms with van der Waals surface area (Å²) in [7, 11) is 0. The summed E-state index contributed by atoms with van der Waals surface area (Å²) >= 11 is 0. The van der Waals surface area contributed by atoms with Gasteiger partial charge < -0.3 is 0 Å². The number of carbonyl (C=O) groups is 4. The van der Waals surface area contributed by atoms with Gasteiger partial charge in [-0.2, -0.15) is 5.01 Å². The number of allylic oxidation sites excluding steroid dienone is 2. The molecule has 0 N–H and O–H groups in total. The van der Waals surface area contributed by atoms with Crippen LogP contribution in [0, 0.1) is 40.7 Å². The van der Waals surface area contributed by atoms with Gasteiger partial charge in [-0.1, -0.05) is 42.0 Å². The molecular weight excluding hydrogens is 438 g/mol. The van der Waals surface area contributed by atoms with E-state index < -0.39 is 46.8 Å². The summed E-state index contributed by atoms with van der Waals surface area (Å²) in [5, 5.41) is 12.7. The number of non-ortho nitro benzene ring substituents is 1. The van der Waals surface area contributed by atoms with Crippen molar-refractivity contribution in [2.45, 2.75) is 13.3 Å². The maximum absolute atomic E-state index is 13.5. The number of amides is 3. The second-order valence-electron chi connectivity index (χ2n) is 8.94. The first-order valence-electron chi connectivity index (χ1n) is 11.0. The number of nitrogens with zero attached hydrogens (tertiary/aromatic N) is 3. The first kappa shape index (κ1) is 21.7. The Morgan fingerprint density at radius 1 is 0.941 bits per heavy atom. The number of ketones is 1. The molecule has 2 aromatic carbocycles. The molecule has 2 fully saturated rings. The van der Waals surface area contributed by atoms with Crippen molar-refractivity contribution in [1.29, 1.82) is 0 Å². The lowest BCUT2D eigenvalue weighted by atomic mass is 9.85. The third-order valence-electron chi connectivity index (χ3n) is 6.91. The zero-order chi connectivity index (χ0) is 24.1. The van der Waals surface area contributed by atoms with E-state index in [1.807, 2.05) is 19.1 Å². The molecule has 3 amide bonds. The van der Waals surface area contributed by atoms with Crippen molar-refractivity contribution >= 4 is 29.2 Å². The van der Waals surface area contributed by atoms with E-state index in [-0.39, 0.29) is 23.1 Å². The molecule has 9 heteroatoms. The maximum Gasteiger partial charge on any atom is 0.273 e. The van der Waals surface area contributed by atoms with Gasteiger partial charge in [-0.25, -0.2) is 5.01 Å².